The Labute approximate surface area is 218 Å². The van der Waals surface area contributed by atoms with Gasteiger partial charge in [-0.15, -0.1) is 0 Å². The van der Waals surface area contributed by atoms with E-state index in [0.29, 0.717) is 5.92 Å². The molecule has 0 saturated carbocycles. The molecule has 0 atom stereocenters. The molecule has 0 unspecified atom stereocenters. The van der Waals surface area contributed by atoms with Crippen LogP contribution in [0.1, 0.15) is 45.9 Å². The third-order valence-corrected chi connectivity index (χ3v) is 7.17. The molecular weight excluding hydrogens is 452 g/mol. The third kappa shape index (κ3) is 4.29. The van der Waals surface area contributed by atoms with E-state index in [9.17, 15) is 0 Å². The van der Waals surface area contributed by atoms with E-state index >= 15 is 0 Å². The fraction of sp³-hybridized carbons (Fsp3) is 0.235. The van der Waals surface area contributed by atoms with Crippen molar-refractivity contribution in [2.24, 2.45) is 5.92 Å². The van der Waals surface area contributed by atoms with Crippen LogP contribution in [0.4, 0.5) is 0 Å². The fourth-order valence-corrected chi connectivity index (χ4v) is 5.21. The molecule has 184 valence electrons. The number of hydrogen-bond donors (Lipinski definition) is 0. The predicted molar refractivity (Wildman–Crippen MR) is 155 cm³/mol. The molecular formula is C34H32N2O. The van der Waals surface area contributed by atoms with E-state index in [0.717, 1.165) is 50.8 Å². The Hall–Kier alpha value is -3.98. The Morgan fingerprint density at radius 2 is 1.65 bits per heavy atom. The van der Waals surface area contributed by atoms with Crippen LogP contribution in [0.5, 0.6) is 0 Å². The van der Waals surface area contributed by atoms with Crippen molar-refractivity contribution in [3.63, 3.8) is 0 Å². The molecule has 3 heteroatoms. The Balaban J connectivity index is 1.44. The van der Waals surface area contributed by atoms with Crippen LogP contribution in [-0.2, 0) is 11.8 Å². The molecule has 0 amide bonds. The van der Waals surface area contributed by atoms with E-state index in [1.807, 2.05) is 12.3 Å². The first-order chi connectivity index (χ1) is 17.8. The first-order valence-corrected chi connectivity index (χ1v) is 13.1. The average molecular weight is 485 g/mol. The fourth-order valence-electron chi connectivity index (χ4n) is 5.21. The zero-order valence-electron chi connectivity index (χ0n) is 22.2. The van der Waals surface area contributed by atoms with Crippen LogP contribution in [0, 0.1) is 5.92 Å². The lowest BCUT2D eigenvalue weighted by molar-refractivity contribution is 0.591. The maximum Gasteiger partial charge on any atom is 0.160 e. The molecule has 6 aromatic rings. The van der Waals surface area contributed by atoms with Gasteiger partial charge in [0.1, 0.15) is 5.52 Å². The van der Waals surface area contributed by atoms with Gasteiger partial charge in [0.05, 0.1) is 12.0 Å². The zero-order valence-corrected chi connectivity index (χ0v) is 22.2. The van der Waals surface area contributed by atoms with Gasteiger partial charge < -0.3 is 4.42 Å². The van der Waals surface area contributed by atoms with Gasteiger partial charge in [-0.1, -0.05) is 83.1 Å². The molecule has 6 rings (SSSR count). The number of fused-ring (bicyclic) bond motifs is 4. The van der Waals surface area contributed by atoms with Crippen LogP contribution in [0.15, 0.2) is 89.7 Å². The van der Waals surface area contributed by atoms with Crippen molar-refractivity contribution in [3.8, 4) is 22.4 Å². The SMILES string of the molecule is CC(C)Cc1ccc2c(-c3ccc(-c4cccc5cc(C(C)(C)C)ccc45)cn3)cc3ccoc3c2n1. The molecule has 0 aliphatic rings. The molecule has 0 fully saturated rings. The summed E-state index contributed by atoms with van der Waals surface area (Å²) in [7, 11) is 0. The van der Waals surface area contributed by atoms with E-state index in [1.54, 1.807) is 6.26 Å². The highest BCUT2D eigenvalue weighted by Crippen LogP contribution is 2.36. The smallest absolute Gasteiger partial charge is 0.160 e. The van der Waals surface area contributed by atoms with E-state index in [-0.39, 0.29) is 5.41 Å². The third-order valence-electron chi connectivity index (χ3n) is 7.17. The maximum absolute atomic E-state index is 5.85. The molecule has 0 N–H and O–H groups in total. The van der Waals surface area contributed by atoms with Gasteiger partial charge in [0, 0.05) is 33.8 Å². The minimum atomic E-state index is 0.122. The summed E-state index contributed by atoms with van der Waals surface area (Å²) in [4.78, 5) is 9.95. The van der Waals surface area contributed by atoms with Gasteiger partial charge in [-0.2, -0.15) is 0 Å². The topological polar surface area (TPSA) is 38.9 Å². The molecule has 0 bridgehead atoms. The lowest BCUT2D eigenvalue weighted by atomic mass is 9.85. The van der Waals surface area contributed by atoms with Gasteiger partial charge in [0.25, 0.3) is 0 Å². The molecule has 0 spiro atoms. The van der Waals surface area contributed by atoms with Crippen LogP contribution in [0.2, 0.25) is 0 Å². The van der Waals surface area contributed by atoms with Crippen molar-refractivity contribution in [1.29, 1.82) is 0 Å². The summed E-state index contributed by atoms with van der Waals surface area (Å²) < 4.78 is 5.85. The number of pyridine rings is 2. The summed E-state index contributed by atoms with van der Waals surface area (Å²) in [5, 5.41) is 4.62. The number of rotatable bonds is 4. The normalized spacial score (nSPS) is 12.3. The van der Waals surface area contributed by atoms with E-state index in [4.69, 9.17) is 14.4 Å². The lowest BCUT2D eigenvalue weighted by Gasteiger charge is -2.20. The van der Waals surface area contributed by atoms with Crippen molar-refractivity contribution >= 4 is 32.6 Å². The Kier molecular flexibility index (Phi) is 5.60. The highest BCUT2D eigenvalue weighted by molar-refractivity contribution is 6.09. The van der Waals surface area contributed by atoms with Gasteiger partial charge in [0.15, 0.2) is 5.58 Å². The molecule has 3 nitrogen and oxygen atoms in total. The second-order valence-corrected chi connectivity index (χ2v) is 11.5. The summed E-state index contributed by atoms with van der Waals surface area (Å²) in [5.41, 5.74) is 8.63. The highest BCUT2D eigenvalue weighted by atomic mass is 16.3. The van der Waals surface area contributed by atoms with Crippen LogP contribution < -0.4 is 0 Å². The van der Waals surface area contributed by atoms with Gasteiger partial charge in [-0.05, 0) is 63.9 Å². The maximum atomic E-state index is 5.85. The van der Waals surface area contributed by atoms with Crippen molar-refractivity contribution in [1.82, 2.24) is 9.97 Å². The van der Waals surface area contributed by atoms with Gasteiger partial charge >= 0.3 is 0 Å². The van der Waals surface area contributed by atoms with E-state index in [1.165, 1.54) is 21.9 Å². The predicted octanol–water partition coefficient (Wildman–Crippen LogP) is 9.36. The molecule has 0 aliphatic heterocycles. The van der Waals surface area contributed by atoms with Crippen LogP contribution in [0.3, 0.4) is 0 Å². The first-order valence-electron chi connectivity index (χ1n) is 13.1. The number of aromatic nitrogens is 2. The van der Waals surface area contributed by atoms with Crippen molar-refractivity contribution in [3.05, 3.63) is 96.5 Å². The van der Waals surface area contributed by atoms with Crippen molar-refractivity contribution in [2.45, 2.75) is 46.5 Å². The molecule has 37 heavy (non-hydrogen) atoms. The zero-order chi connectivity index (χ0) is 25.7. The molecule has 3 heterocycles. The van der Waals surface area contributed by atoms with Crippen LogP contribution in [-0.4, -0.2) is 9.97 Å². The molecule has 3 aromatic heterocycles. The number of hydrogen-bond acceptors (Lipinski definition) is 3. The number of furan rings is 1. The van der Waals surface area contributed by atoms with E-state index in [2.05, 4.69) is 101 Å². The monoisotopic (exact) mass is 484 g/mol. The standard InChI is InChI=1S/C34H32N2O/c1-21(2)17-26-11-13-29-30(19-23-15-16-37-33(23)32(29)36-26)31-14-9-24(20-35-31)27-8-6-7-22-18-25(34(3,4)5)10-12-28(22)27/h6-16,18-21H,17H2,1-5H3. The minimum absolute atomic E-state index is 0.122. The lowest BCUT2D eigenvalue weighted by Crippen LogP contribution is -2.10. The summed E-state index contributed by atoms with van der Waals surface area (Å²) in [6.45, 7) is 11.2. The van der Waals surface area contributed by atoms with Crippen LogP contribution in [0.25, 0.3) is 55.0 Å². The summed E-state index contributed by atoms with van der Waals surface area (Å²) in [6, 6.07) is 26.1. The first kappa shape index (κ1) is 23.4. The molecule has 3 aromatic carbocycles. The second kappa shape index (κ2) is 8.85. The highest BCUT2D eigenvalue weighted by Gasteiger charge is 2.16. The quantitative estimate of drug-likeness (QED) is 0.250. The van der Waals surface area contributed by atoms with Gasteiger partial charge in [0.2, 0.25) is 0 Å². The summed E-state index contributed by atoms with van der Waals surface area (Å²) in [6.07, 6.45) is 4.68. The summed E-state index contributed by atoms with van der Waals surface area (Å²) >= 11 is 0. The Morgan fingerprint density at radius 1 is 0.811 bits per heavy atom. The van der Waals surface area contributed by atoms with Crippen molar-refractivity contribution < 1.29 is 4.42 Å². The Bertz CT molecular complexity index is 1750. The largest absolute Gasteiger partial charge is 0.462 e. The number of nitrogens with zero attached hydrogens (tertiary/aromatic N) is 2. The second-order valence-electron chi connectivity index (χ2n) is 11.5. The van der Waals surface area contributed by atoms with E-state index < -0.39 is 0 Å². The average Bonchev–Trinajstić information content (AvgIpc) is 3.36. The Morgan fingerprint density at radius 3 is 2.41 bits per heavy atom. The summed E-state index contributed by atoms with van der Waals surface area (Å²) in [5.74, 6) is 0.545. The molecule has 0 saturated heterocycles. The van der Waals surface area contributed by atoms with Crippen molar-refractivity contribution in [2.75, 3.05) is 0 Å². The molecule has 0 aliphatic carbocycles. The van der Waals surface area contributed by atoms with Gasteiger partial charge in [-0.25, -0.2) is 4.98 Å². The number of benzene rings is 3. The molecule has 0 radical (unpaired) electrons. The minimum Gasteiger partial charge on any atom is -0.462 e. The van der Waals surface area contributed by atoms with Crippen LogP contribution >= 0.6 is 0 Å². The van der Waals surface area contributed by atoms with Gasteiger partial charge in [-0.3, -0.25) is 4.98 Å².